The normalized spacial score (nSPS) is 13.1. The van der Waals surface area contributed by atoms with Crippen LogP contribution in [0.3, 0.4) is 0 Å². The number of benzene rings is 2. The number of nitriles is 1. The Labute approximate surface area is 176 Å². The highest BCUT2D eigenvalue weighted by Crippen LogP contribution is 2.30. The second-order valence-corrected chi connectivity index (χ2v) is 7.20. The van der Waals surface area contributed by atoms with Crippen molar-refractivity contribution in [3.05, 3.63) is 71.4 Å². The van der Waals surface area contributed by atoms with Crippen LogP contribution in [0.25, 0.3) is 22.0 Å². The number of rotatable bonds is 6. The van der Waals surface area contributed by atoms with Crippen molar-refractivity contribution in [2.24, 2.45) is 0 Å². The van der Waals surface area contributed by atoms with Gasteiger partial charge < -0.3 is 5.11 Å². The summed E-state index contributed by atoms with van der Waals surface area (Å²) in [7, 11) is 0. The first-order valence-corrected chi connectivity index (χ1v) is 9.62. The van der Waals surface area contributed by atoms with E-state index in [1.807, 2.05) is 12.1 Å². The molecular weight excluding hydrogens is 402 g/mol. The molecule has 4 aromatic rings. The molecule has 1 unspecified atom stereocenters. The van der Waals surface area contributed by atoms with E-state index in [2.05, 4.69) is 26.6 Å². The van der Waals surface area contributed by atoms with Crippen LogP contribution in [0.4, 0.5) is 8.78 Å². The van der Waals surface area contributed by atoms with Gasteiger partial charge in [-0.25, -0.2) is 18.4 Å². The zero-order valence-corrected chi connectivity index (χ0v) is 16.6. The lowest BCUT2D eigenvalue weighted by molar-refractivity contribution is -0.00478. The third-order valence-electron chi connectivity index (χ3n) is 5.23. The van der Waals surface area contributed by atoms with Crippen molar-refractivity contribution < 1.29 is 13.9 Å². The summed E-state index contributed by atoms with van der Waals surface area (Å²) in [6, 6.07) is 15.2. The summed E-state index contributed by atoms with van der Waals surface area (Å²) in [6.45, 7) is 0.833. The summed E-state index contributed by atoms with van der Waals surface area (Å²) in [5.74, 6) is -0.300. The molecule has 0 aliphatic heterocycles. The van der Waals surface area contributed by atoms with Gasteiger partial charge in [0.05, 0.1) is 12.1 Å². The number of aliphatic hydroxyl groups is 1. The molecule has 1 atom stereocenters. The SMILES string of the molecule is CCC(O)(CF)c1nnnn1Cc1ccc2c(-c3ccc(F)cc3)cc(C#N)nc2c1. The van der Waals surface area contributed by atoms with Crippen LogP contribution >= 0.6 is 0 Å². The van der Waals surface area contributed by atoms with E-state index in [0.717, 1.165) is 22.1 Å². The number of nitrogens with zero attached hydrogens (tertiary/aromatic N) is 6. The number of alkyl halides is 1. The summed E-state index contributed by atoms with van der Waals surface area (Å²) in [6.07, 6.45) is 0.121. The first-order chi connectivity index (χ1) is 15.0. The van der Waals surface area contributed by atoms with Crippen LogP contribution in [0.5, 0.6) is 0 Å². The lowest BCUT2D eigenvalue weighted by Crippen LogP contribution is -2.32. The molecule has 0 radical (unpaired) electrons. The molecule has 0 saturated carbocycles. The van der Waals surface area contributed by atoms with Crippen molar-refractivity contribution in [2.45, 2.75) is 25.5 Å². The third-order valence-corrected chi connectivity index (χ3v) is 5.23. The fraction of sp³-hybridized carbons (Fsp3) is 0.227. The Bertz CT molecular complexity index is 1280. The highest BCUT2D eigenvalue weighted by molar-refractivity contribution is 5.95. The Hall–Kier alpha value is -3.77. The number of fused-ring (bicyclic) bond motifs is 1. The molecule has 1 N–H and O–H groups in total. The van der Waals surface area contributed by atoms with Gasteiger partial charge in [-0.2, -0.15) is 5.26 Å². The minimum absolute atomic E-state index is 0.0448. The van der Waals surface area contributed by atoms with Gasteiger partial charge in [0, 0.05) is 5.39 Å². The second-order valence-electron chi connectivity index (χ2n) is 7.20. The summed E-state index contributed by atoms with van der Waals surface area (Å²) in [5.41, 5.74) is 1.31. The second kappa shape index (κ2) is 8.16. The minimum Gasteiger partial charge on any atom is -0.379 e. The maximum absolute atomic E-state index is 13.4. The Morgan fingerprint density at radius 2 is 1.94 bits per heavy atom. The number of aromatic nitrogens is 5. The molecule has 0 fully saturated rings. The van der Waals surface area contributed by atoms with Crippen LogP contribution in [0.15, 0.2) is 48.5 Å². The molecule has 0 bridgehead atoms. The summed E-state index contributed by atoms with van der Waals surface area (Å²) in [4.78, 5) is 4.39. The number of hydrogen-bond acceptors (Lipinski definition) is 6. The van der Waals surface area contributed by atoms with Crippen molar-refractivity contribution in [1.29, 1.82) is 5.26 Å². The van der Waals surface area contributed by atoms with Crippen LogP contribution in [0.2, 0.25) is 0 Å². The van der Waals surface area contributed by atoms with Gasteiger partial charge in [-0.15, -0.1) is 5.10 Å². The zero-order valence-electron chi connectivity index (χ0n) is 16.6. The van der Waals surface area contributed by atoms with Gasteiger partial charge in [0.25, 0.3) is 0 Å². The fourth-order valence-electron chi connectivity index (χ4n) is 3.43. The Kier molecular flexibility index (Phi) is 5.40. The minimum atomic E-state index is -1.76. The zero-order chi connectivity index (χ0) is 22.0. The number of hydrogen-bond donors (Lipinski definition) is 1. The first kappa shape index (κ1) is 20.5. The smallest absolute Gasteiger partial charge is 0.186 e. The largest absolute Gasteiger partial charge is 0.379 e. The average molecular weight is 420 g/mol. The van der Waals surface area contributed by atoms with Gasteiger partial charge in [-0.1, -0.05) is 31.2 Å². The molecule has 7 nitrogen and oxygen atoms in total. The molecule has 0 aliphatic rings. The number of pyridine rings is 1. The molecular formula is C22H18F2N6O. The van der Waals surface area contributed by atoms with Crippen molar-refractivity contribution in [3.8, 4) is 17.2 Å². The van der Waals surface area contributed by atoms with E-state index in [1.165, 1.54) is 16.8 Å². The van der Waals surface area contributed by atoms with Gasteiger partial charge in [0.2, 0.25) is 0 Å². The highest BCUT2D eigenvalue weighted by atomic mass is 19.1. The van der Waals surface area contributed by atoms with E-state index in [1.54, 1.807) is 31.2 Å². The predicted octanol–water partition coefficient (Wildman–Crippen LogP) is 3.51. The van der Waals surface area contributed by atoms with Gasteiger partial charge in [0.15, 0.2) is 11.4 Å². The maximum Gasteiger partial charge on any atom is 0.186 e. The van der Waals surface area contributed by atoms with Crippen molar-refractivity contribution in [3.63, 3.8) is 0 Å². The van der Waals surface area contributed by atoms with Gasteiger partial charge in [0.1, 0.15) is 24.3 Å². The van der Waals surface area contributed by atoms with Gasteiger partial charge in [-0.05, 0) is 57.8 Å². The van der Waals surface area contributed by atoms with E-state index in [4.69, 9.17) is 0 Å². The van der Waals surface area contributed by atoms with Crippen LogP contribution in [-0.2, 0) is 12.1 Å². The average Bonchev–Trinajstić information content (AvgIpc) is 3.27. The van der Waals surface area contributed by atoms with E-state index >= 15 is 0 Å². The molecule has 0 saturated heterocycles. The van der Waals surface area contributed by atoms with Gasteiger partial charge in [-0.3, -0.25) is 0 Å². The van der Waals surface area contributed by atoms with Crippen molar-refractivity contribution in [1.82, 2.24) is 25.2 Å². The quantitative estimate of drug-likeness (QED) is 0.512. The summed E-state index contributed by atoms with van der Waals surface area (Å²) >= 11 is 0. The Morgan fingerprint density at radius 3 is 2.61 bits per heavy atom. The van der Waals surface area contributed by atoms with Crippen LogP contribution in [-0.4, -0.2) is 37.0 Å². The number of tetrazole rings is 1. The summed E-state index contributed by atoms with van der Waals surface area (Å²) in [5, 5.41) is 31.9. The lowest BCUT2D eigenvalue weighted by Gasteiger charge is -2.21. The van der Waals surface area contributed by atoms with E-state index < -0.39 is 12.3 Å². The van der Waals surface area contributed by atoms with Crippen molar-refractivity contribution in [2.75, 3.05) is 6.67 Å². The maximum atomic E-state index is 13.4. The topological polar surface area (TPSA) is 101 Å². The fourth-order valence-corrected chi connectivity index (χ4v) is 3.43. The van der Waals surface area contributed by atoms with Crippen molar-refractivity contribution >= 4 is 10.9 Å². The van der Waals surface area contributed by atoms with Gasteiger partial charge >= 0.3 is 0 Å². The highest BCUT2D eigenvalue weighted by Gasteiger charge is 2.33. The van der Waals surface area contributed by atoms with E-state index in [9.17, 15) is 19.1 Å². The Balaban J connectivity index is 1.77. The summed E-state index contributed by atoms with van der Waals surface area (Å²) < 4.78 is 28.1. The molecule has 156 valence electrons. The first-order valence-electron chi connectivity index (χ1n) is 9.62. The Morgan fingerprint density at radius 1 is 1.16 bits per heavy atom. The molecule has 0 aliphatic carbocycles. The predicted molar refractivity (Wildman–Crippen MR) is 109 cm³/mol. The van der Waals surface area contributed by atoms with E-state index in [-0.39, 0.29) is 30.3 Å². The molecule has 4 rings (SSSR count). The molecule has 31 heavy (non-hydrogen) atoms. The molecule has 0 amide bonds. The monoisotopic (exact) mass is 420 g/mol. The molecule has 9 heteroatoms. The van der Waals surface area contributed by atoms with Crippen LogP contribution in [0.1, 0.15) is 30.4 Å². The molecule has 2 aromatic heterocycles. The molecule has 2 heterocycles. The molecule has 2 aromatic carbocycles. The van der Waals surface area contributed by atoms with E-state index in [0.29, 0.717) is 5.52 Å². The molecule has 0 spiro atoms. The van der Waals surface area contributed by atoms with Crippen LogP contribution < -0.4 is 0 Å². The lowest BCUT2D eigenvalue weighted by atomic mass is 9.99. The third kappa shape index (κ3) is 3.85. The standard InChI is InChI=1S/C22H18F2N6O/c1-2-22(31,13-23)21-27-28-29-30(21)12-14-3-8-18-19(15-4-6-16(24)7-5-15)10-17(11-25)26-20(18)9-14/h3-10,31H,2,12-13H2,1H3. The number of halogens is 2. The van der Waals surface area contributed by atoms with Crippen LogP contribution in [0, 0.1) is 17.1 Å².